The Morgan fingerprint density at radius 3 is 2.76 bits per heavy atom. The highest BCUT2D eigenvalue weighted by molar-refractivity contribution is 7.18. The molecule has 5 rings (SSSR count). The van der Waals surface area contributed by atoms with E-state index in [0.29, 0.717) is 6.54 Å². The van der Waals surface area contributed by atoms with Gasteiger partial charge in [0.25, 0.3) is 0 Å². The Hall–Kier alpha value is -2.57. The van der Waals surface area contributed by atoms with Crippen molar-refractivity contribution in [2.45, 2.75) is 39.8 Å². The molecule has 0 amide bonds. The number of hydrogen-bond donors (Lipinski definition) is 1. The first-order valence-electron chi connectivity index (χ1n) is 10.2. The SMILES string of the molecule is Cc1sc2nc(CN3CCCC3)nc(NCc3cccc4cccnc34)c2c1C. The number of fused-ring (bicyclic) bond motifs is 2. The summed E-state index contributed by atoms with van der Waals surface area (Å²) in [5.74, 6) is 1.86. The second-order valence-corrected chi connectivity index (χ2v) is 8.98. The number of anilines is 1. The number of thiophene rings is 1. The fraction of sp³-hybridized carbons (Fsp3) is 0.348. The molecule has 0 radical (unpaired) electrons. The highest BCUT2D eigenvalue weighted by Crippen LogP contribution is 2.34. The largest absolute Gasteiger partial charge is 0.365 e. The molecule has 1 fully saturated rings. The van der Waals surface area contributed by atoms with E-state index in [0.717, 1.165) is 52.4 Å². The molecule has 1 aliphatic rings. The van der Waals surface area contributed by atoms with E-state index in [9.17, 15) is 0 Å². The van der Waals surface area contributed by atoms with Gasteiger partial charge in [-0.3, -0.25) is 9.88 Å². The lowest BCUT2D eigenvalue weighted by molar-refractivity contribution is 0.323. The topological polar surface area (TPSA) is 53.9 Å². The lowest BCUT2D eigenvalue weighted by Crippen LogP contribution is -2.20. The normalized spacial score (nSPS) is 14.8. The van der Waals surface area contributed by atoms with Gasteiger partial charge in [-0.2, -0.15) is 0 Å². The summed E-state index contributed by atoms with van der Waals surface area (Å²) < 4.78 is 0. The van der Waals surface area contributed by atoms with Gasteiger partial charge in [0.2, 0.25) is 0 Å². The van der Waals surface area contributed by atoms with Gasteiger partial charge in [-0.05, 0) is 57.0 Å². The average molecular weight is 404 g/mol. The van der Waals surface area contributed by atoms with E-state index >= 15 is 0 Å². The summed E-state index contributed by atoms with van der Waals surface area (Å²) in [6.45, 7) is 8.15. The molecule has 1 saturated heterocycles. The molecule has 29 heavy (non-hydrogen) atoms. The van der Waals surface area contributed by atoms with E-state index in [-0.39, 0.29) is 0 Å². The van der Waals surface area contributed by atoms with Crippen LogP contribution in [0.4, 0.5) is 5.82 Å². The maximum absolute atomic E-state index is 4.96. The highest BCUT2D eigenvalue weighted by atomic mass is 32.1. The third kappa shape index (κ3) is 3.58. The minimum Gasteiger partial charge on any atom is -0.365 e. The van der Waals surface area contributed by atoms with Gasteiger partial charge in [0, 0.05) is 23.0 Å². The van der Waals surface area contributed by atoms with Crippen LogP contribution in [0.1, 0.15) is 34.7 Å². The van der Waals surface area contributed by atoms with Crippen molar-refractivity contribution in [1.29, 1.82) is 0 Å². The van der Waals surface area contributed by atoms with Gasteiger partial charge in [0.1, 0.15) is 16.5 Å². The number of nitrogens with one attached hydrogen (secondary N) is 1. The molecule has 1 N–H and O–H groups in total. The zero-order valence-corrected chi connectivity index (χ0v) is 17.7. The average Bonchev–Trinajstić information content (AvgIpc) is 3.34. The van der Waals surface area contributed by atoms with E-state index in [4.69, 9.17) is 9.97 Å². The Morgan fingerprint density at radius 1 is 1.07 bits per heavy atom. The smallest absolute Gasteiger partial charge is 0.146 e. The van der Waals surface area contributed by atoms with Crippen molar-refractivity contribution in [3.05, 3.63) is 58.4 Å². The molecular formula is C23H25N5S. The summed E-state index contributed by atoms with van der Waals surface area (Å²) in [4.78, 5) is 19.3. The van der Waals surface area contributed by atoms with Crippen LogP contribution < -0.4 is 5.32 Å². The molecule has 3 aromatic heterocycles. The summed E-state index contributed by atoms with van der Waals surface area (Å²) in [7, 11) is 0. The van der Waals surface area contributed by atoms with Crippen LogP contribution in [0.25, 0.3) is 21.1 Å². The van der Waals surface area contributed by atoms with Crippen LogP contribution in [0.2, 0.25) is 0 Å². The molecule has 148 valence electrons. The molecular weight excluding hydrogens is 378 g/mol. The van der Waals surface area contributed by atoms with Crippen LogP contribution in [0.3, 0.4) is 0 Å². The molecule has 0 bridgehead atoms. The number of aromatic nitrogens is 3. The standard InChI is InChI=1S/C23H25N5S/c1-15-16(2)29-23-20(15)22(26-19(27-23)14-28-11-3-4-12-28)25-13-18-8-5-7-17-9-6-10-24-21(17)18/h5-10H,3-4,11-14H2,1-2H3,(H,25,26,27). The van der Waals surface area contributed by atoms with Crippen molar-refractivity contribution in [2.24, 2.45) is 0 Å². The van der Waals surface area contributed by atoms with Gasteiger partial charge in [-0.25, -0.2) is 9.97 Å². The van der Waals surface area contributed by atoms with E-state index in [2.05, 4.69) is 53.3 Å². The van der Waals surface area contributed by atoms with E-state index in [1.165, 1.54) is 28.8 Å². The summed E-state index contributed by atoms with van der Waals surface area (Å²) in [6.07, 6.45) is 4.41. The maximum Gasteiger partial charge on any atom is 0.146 e. The van der Waals surface area contributed by atoms with Crippen molar-refractivity contribution in [1.82, 2.24) is 19.9 Å². The summed E-state index contributed by atoms with van der Waals surface area (Å²) in [5, 5.41) is 5.93. The van der Waals surface area contributed by atoms with Gasteiger partial charge >= 0.3 is 0 Å². The monoisotopic (exact) mass is 403 g/mol. The molecule has 1 aliphatic heterocycles. The number of likely N-dealkylation sites (tertiary alicyclic amines) is 1. The number of pyridine rings is 1. The van der Waals surface area contributed by atoms with Gasteiger partial charge < -0.3 is 5.32 Å². The lowest BCUT2D eigenvalue weighted by atomic mass is 10.1. The van der Waals surface area contributed by atoms with Gasteiger partial charge in [-0.15, -0.1) is 11.3 Å². The van der Waals surface area contributed by atoms with Gasteiger partial charge in [0.15, 0.2) is 0 Å². The van der Waals surface area contributed by atoms with Crippen LogP contribution in [-0.4, -0.2) is 32.9 Å². The van der Waals surface area contributed by atoms with E-state index in [1.54, 1.807) is 11.3 Å². The van der Waals surface area contributed by atoms with Crippen molar-refractivity contribution in [2.75, 3.05) is 18.4 Å². The number of hydrogen-bond acceptors (Lipinski definition) is 6. The second kappa shape index (κ2) is 7.69. The molecule has 4 heterocycles. The summed E-state index contributed by atoms with van der Waals surface area (Å²) >= 11 is 1.77. The van der Waals surface area contributed by atoms with Crippen molar-refractivity contribution < 1.29 is 0 Å². The van der Waals surface area contributed by atoms with Crippen LogP contribution in [0.5, 0.6) is 0 Å². The minimum atomic E-state index is 0.692. The van der Waals surface area contributed by atoms with Crippen LogP contribution in [0.15, 0.2) is 36.5 Å². The third-order valence-electron chi connectivity index (χ3n) is 5.80. The number of rotatable bonds is 5. The predicted molar refractivity (Wildman–Crippen MR) is 120 cm³/mol. The lowest BCUT2D eigenvalue weighted by Gasteiger charge is -2.15. The molecule has 0 spiro atoms. The maximum atomic E-state index is 4.96. The predicted octanol–water partition coefficient (Wildman–Crippen LogP) is 5.06. The second-order valence-electron chi connectivity index (χ2n) is 7.78. The molecule has 0 unspecified atom stereocenters. The zero-order chi connectivity index (χ0) is 19.8. The molecule has 6 heteroatoms. The van der Waals surface area contributed by atoms with Crippen LogP contribution in [-0.2, 0) is 13.1 Å². The fourth-order valence-corrected chi connectivity index (χ4v) is 5.17. The first-order chi connectivity index (χ1) is 14.2. The molecule has 0 saturated carbocycles. The first-order valence-corrected chi connectivity index (χ1v) is 11.1. The van der Waals surface area contributed by atoms with E-state index < -0.39 is 0 Å². The Labute approximate surface area is 174 Å². The van der Waals surface area contributed by atoms with Crippen molar-refractivity contribution >= 4 is 38.3 Å². The Morgan fingerprint density at radius 2 is 1.90 bits per heavy atom. The molecule has 1 aromatic carbocycles. The number of benzene rings is 1. The van der Waals surface area contributed by atoms with Crippen molar-refractivity contribution in [3.63, 3.8) is 0 Å². The van der Waals surface area contributed by atoms with Gasteiger partial charge in [0.05, 0.1) is 17.4 Å². The Balaban J connectivity index is 1.50. The zero-order valence-electron chi connectivity index (χ0n) is 16.9. The summed E-state index contributed by atoms with van der Waals surface area (Å²) in [6, 6.07) is 10.4. The number of para-hydroxylation sites is 1. The minimum absolute atomic E-state index is 0.692. The van der Waals surface area contributed by atoms with Gasteiger partial charge in [-0.1, -0.05) is 24.3 Å². The fourth-order valence-electron chi connectivity index (χ4n) is 4.12. The third-order valence-corrected chi connectivity index (χ3v) is 6.90. The number of aryl methyl sites for hydroxylation is 2. The Bertz CT molecular complexity index is 1170. The molecule has 4 aromatic rings. The molecule has 5 nitrogen and oxygen atoms in total. The first kappa shape index (κ1) is 18.5. The molecule has 0 atom stereocenters. The quantitative estimate of drug-likeness (QED) is 0.504. The summed E-state index contributed by atoms with van der Waals surface area (Å²) in [5.41, 5.74) is 3.50. The Kier molecular flexibility index (Phi) is 4.89. The van der Waals surface area contributed by atoms with E-state index in [1.807, 2.05) is 12.3 Å². The molecule has 0 aliphatic carbocycles. The van der Waals surface area contributed by atoms with Crippen molar-refractivity contribution in [3.8, 4) is 0 Å². The highest BCUT2D eigenvalue weighted by Gasteiger charge is 2.18. The number of nitrogens with zero attached hydrogens (tertiary/aromatic N) is 4. The van der Waals surface area contributed by atoms with Crippen LogP contribution >= 0.6 is 11.3 Å². The van der Waals surface area contributed by atoms with Crippen LogP contribution in [0, 0.1) is 13.8 Å².